The van der Waals surface area contributed by atoms with Crippen LogP contribution in [0.1, 0.15) is 40.3 Å². The summed E-state index contributed by atoms with van der Waals surface area (Å²) >= 11 is 6.46. The molecule has 4 rings (SSSR count). The first-order valence-electron chi connectivity index (χ1n) is 11.8. The highest BCUT2D eigenvalue weighted by Crippen LogP contribution is 2.34. The molecule has 0 bridgehead atoms. The van der Waals surface area contributed by atoms with Gasteiger partial charge in [-0.1, -0.05) is 35.9 Å². The van der Waals surface area contributed by atoms with E-state index in [1.807, 2.05) is 37.3 Å². The molecule has 36 heavy (non-hydrogen) atoms. The number of carbonyl (C=O) groups excluding carboxylic acids is 1. The summed E-state index contributed by atoms with van der Waals surface area (Å²) in [5, 5.41) is 35.1. The van der Waals surface area contributed by atoms with Gasteiger partial charge in [0, 0.05) is 11.6 Å². The molecule has 2 aromatic carbocycles. The molecule has 3 aromatic rings. The molecular weight excluding hydrogens is 486 g/mol. The topological polar surface area (TPSA) is 121 Å². The van der Waals surface area contributed by atoms with Crippen molar-refractivity contribution in [2.45, 2.75) is 43.9 Å². The average Bonchev–Trinajstić information content (AvgIpc) is 3.42. The minimum atomic E-state index is -1.43. The number of aliphatic hydroxyl groups excluding tert-OH is 3. The predicted molar refractivity (Wildman–Crippen MR) is 133 cm³/mol. The van der Waals surface area contributed by atoms with E-state index < -0.39 is 30.5 Å². The van der Waals surface area contributed by atoms with Crippen LogP contribution >= 0.6 is 11.6 Å². The number of nitrogens with one attached hydrogen (secondary N) is 1. The van der Waals surface area contributed by atoms with E-state index in [1.54, 1.807) is 24.3 Å². The SMILES string of the molecule is CCOc1ccc(Cc2cc([C@@H]3O[C@H](CNCC(=O)c4ccco4)[C@@H](O)[C@H](O)[C@H]3O)ccc2Cl)cc1. The minimum absolute atomic E-state index is 0.0312. The fourth-order valence-corrected chi connectivity index (χ4v) is 4.43. The second-order valence-corrected chi connectivity index (χ2v) is 9.11. The third-order valence-electron chi connectivity index (χ3n) is 6.17. The quantitative estimate of drug-likeness (QED) is 0.304. The van der Waals surface area contributed by atoms with Crippen molar-refractivity contribution < 1.29 is 34.0 Å². The van der Waals surface area contributed by atoms with Gasteiger partial charge in [-0.15, -0.1) is 0 Å². The van der Waals surface area contributed by atoms with E-state index in [0.29, 0.717) is 23.6 Å². The van der Waals surface area contributed by atoms with Gasteiger partial charge in [-0.25, -0.2) is 0 Å². The van der Waals surface area contributed by atoms with Crippen molar-refractivity contribution in [2.24, 2.45) is 0 Å². The number of rotatable bonds is 10. The Morgan fingerprint density at radius 2 is 1.83 bits per heavy atom. The van der Waals surface area contributed by atoms with E-state index >= 15 is 0 Å². The molecule has 4 N–H and O–H groups in total. The lowest BCUT2D eigenvalue weighted by molar-refractivity contribution is -0.223. The van der Waals surface area contributed by atoms with Gasteiger partial charge < -0.3 is 34.5 Å². The standard InChI is InChI=1S/C27H30ClNO7/c1-2-34-19-8-5-16(6-9-19)12-18-13-17(7-10-20(18)28)27-26(33)25(32)24(31)23(36-27)15-29-14-21(30)22-4-3-11-35-22/h3-11,13,23-27,29,31-33H,2,12,14-15H2,1H3/t23-,24-,25+,26-,27+/m1/s1. The average molecular weight is 516 g/mol. The van der Waals surface area contributed by atoms with Crippen molar-refractivity contribution in [1.29, 1.82) is 0 Å². The lowest BCUT2D eigenvalue weighted by atomic mass is 9.90. The van der Waals surface area contributed by atoms with Gasteiger partial charge in [0.2, 0.25) is 5.78 Å². The second kappa shape index (κ2) is 12.0. The number of Topliss-reactive ketones (excluding diaryl/α,β-unsaturated/α-hetero) is 1. The van der Waals surface area contributed by atoms with Crippen LogP contribution in [0, 0.1) is 0 Å². The van der Waals surface area contributed by atoms with Crippen LogP contribution in [0.3, 0.4) is 0 Å². The molecule has 2 heterocycles. The first kappa shape index (κ1) is 26.3. The monoisotopic (exact) mass is 515 g/mol. The Hall–Kier alpha value is -2.72. The summed E-state index contributed by atoms with van der Waals surface area (Å²) in [7, 11) is 0. The van der Waals surface area contributed by atoms with Crippen LogP contribution in [0.5, 0.6) is 5.75 Å². The third-order valence-corrected chi connectivity index (χ3v) is 6.54. The number of ketones is 1. The molecule has 192 valence electrons. The highest BCUT2D eigenvalue weighted by atomic mass is 35.5. The highest BCUT2D eigenvalue weighted by molar-refractivity contribution is 6.31. The van der Waals surface area contributed by atoms with Gasteiger partial charge in [0.15, 0.2) is 5.76 Å². The van der Waals surface area contributed by atoms with Crippen LogP contribution in [0.15, 0.2) is 65.3 Å². The van der Waals surface area contributed by atoms with Gasteiger partial charge in [-0.2, -0.15) is 0 Å². The molecule has 0 unspecified atom stereocenters. The van der Waals surface area contributed by atoms with Crippen molar-refractivity contribution in [1.82, 2.24) is 5.32 Å². The van der Waals surface area contributed by atoms with Crippen LogP contribution in [-0.4, -0.2) is 65.2 Å². The normalized spacial score (nSPS) is 24.0. The molecule has 1 aliphatic rings. The molecule has 0 amide bonds. The summed E-state index contributed by atoms with van der Waals surface area (Å²) in [5.74, 6) is 0.763. The Morgan fingerprint density at radius 1 is 1.06 bits per heavy atom. The number of hydrogen-bond donors (Lipinski definition) is 4. The lowest BCUT2D eigenvalue weighted by Gasteiger charge is -2.41. The Labute approximate surface area is 214 Å². The van der Waals surface area contributed by atoms with Crippen molar-refractivity contribution in [3.8, 4) is 5.75 Å². The molecule has 1 saturated heterocycles. The molecule has 1 fully saturated rings. The molecule has 8 nitrogen and oxygen atoms in total. The molecule has 1 aliphatic heterocycles. The smallest absolute Gasteiger partial charge is 0.211 e. The predicted octanol–water partition coefficient (Wildman–Crippen LogP) is 2.92. The number of ether oxygens (including phenoxy) is 2. The molecule has 5 atom stereocenters. The van der Waals surface area contributed by atoms with Crippen molar-refractivity contribution in [3.63, 3.8) is 0 Å². The van der Waals surface area contributed by atoms with Crippen LogP contribution in [0.25, 0.3) is 0 Å². The molecular formula is C27H30ClNO7. The van der Waals surface area contributed by atoms with E-state index in [-0.39, 0.29) is 24.6 Å². The lowest BCUT2D eigenvalue weighted by Crippen LogP contribution is -2.57. The minimum Gasteiger partial charge on any atom is -0.494 e. The van der Waals surface area contributed by atoms with Gasteiger partial charge in [-0.05, 0) is 60.4 Å². The first-order chi connectivity index (χ1) is 17.4. The van der Waals surface area contributed by atoms with E-state index in [1.165, 1.54) is 6.26 Å². The summed E-state index contributed by atoms with van der Waals surface area (Å²) in [4.78, 5) is 12.1. The number of furan rings is 1. The molecule has 0 radical (unpaired) electrons. The Balaban J connectivity index is 1.45. The van der Waals surface area contributed by atoms with Gasteiger partial charge in [0.1, 0.15) is 30.2 Å². The molecule has 0 aliphatic carbocycles. The summed E-state index contributed by atoms with van der Waals surface area (Å²) < 4.78 is 16.6. The Bertz CT molecular complexity index is 1140. The van der Waals surface area contributed by atoms with Crippen molar-refractivity contribution >= 4 is 17.4 Å². The fourth-order valence-electron chi connectivity index (χ4n) is 4.24. The van der Waals surface area contributed by atoms with Crippen LogP contribution in [0.4, 0.5) is 0 Å². The maximum Gasteiger partial charge on any atom is 0.211 e. The first-order valence-corrected chi connectivity index (χ1v) is 12.2. The number of benzene rings is 2. The molecule has 1 aromatic heterocycles. The summed E-state index contributed by atoms with van der Waals surface area (Å²) in [6.45, 7) is 2.57. The van der Waals surface area contributed by atoms with E-state index in [9.17, 15) is 20.1 Å². The van der Waals surface area contributed by atoms with Gasteiger partial charge in [0.25, 0.3) is 0 Å². The fraction of sp³-hybridized carbons (Fsp3) is 0.370. The van der Waals surface area contributed by atoms with Crippen LogP contribution < -0.4 is 10.1 Å². The number of carbonyl (C=O) groups is 1. The summed E-state index contributed by atoms with van der Waals surface area (Å²) in [5.41, 5.74) is 2.48. The summed E-state index contributed by atoms with van der Waals surface area (Å²) in [6, 6.07) is 16.2. The zero-order chi connectivity index (χ0) is 25.7. The zero-order valence-corrected chi connectivity index (χ0v) is 20.6. The molecule has 9 heteroatoms. The number of aliphatic hydroxyl groups is 3. The van der Waals surface area contributed by atoms with Crippen LogP contribution in [0.2, 0.25) is 5.02 Å². The Morgan fingerprint density at radius 3 is 2.53 bits per heavy atom. The van der Waals surface area contributed by atoms with Crippen molar-refractivity contribution in [2.75, 3.05) is 19.7 Å². The molecule has 0 saturated carbocycles. The highest BCUT2D eigenvalue weighted by Gasteiger charge is 2.44. The Kier molecular flexibility index (Phi) is 8.79. The maximum absolute atomic E-state index is 12.1. The van der Waals surface area contributed by atoms with Crippen molar-refractivity contribution in [3.05, 3.63) is 88.3 Å². The number of hydrogen-bond acceptors (Lipinski definition) is 8. The largest absolute Gasteiger partial charge is 0.494 e. The van der Waals surface area contributed by atoms with Gasteiger partial charge in [0.05, 0.1) is 25.5 Å². The van der Waals surface area contributed by atoms with Gasteiger partial charge >= 0.3 is 0 Å². The van der Waals surface area contributed by atoms with E-state index in [2.05, 4.69) is 5.32 Å². The number of halogens is 1. The van der Waals surface area contributed by atoms with Crippen LogP contribution in [-0.2, 0) is 11.2 Å². The summed E-state index contributed by atoms with van der Waals surface area (Å²) in [6.07, 6.45) is -3.90. The third kappa shape index (κ3) is 6.15. The second-order valence-electron chi connectivity index (χ2n) is 8.70. The maximum atomic E-state index is 12.1. The molecule has 0 spiro atoms. The van der Waals surface area contributed by atoms with E-state index in [4.69, 9.17) is 25.5 Å². The van der Waals surface area contributed by atoms with E-state index in [0.717, 1.165) is 16.9 Å². The zero-order valence-electron chi connectivity index (χ0n) is 19.8. The van der Waals surface area contributed by atoms with Gasteiger partial charge in [-0.3, -0.25) is 4.79 Å².